The molecule has 4 nitrogen and oxygen atoms in total. The van der Waals surface area contributed by atoms with E-state index in [0.717, 1.165) is 44.2 Å². The monoisotopic (exact) mass is 323 g/mol. The van der Waals surface area contributed by atoms with E-state index < -0.39 is 0 Å². The minimum absolute atomic E-state index is 0.0439. The van der Waals surface area contributed by atoms with Crippen molar-refractivity contribution in [3.63, 3.8) is 0 Å². The SMILES string of the molecule is CCN(CC)C(=O)NCC1CCN(c2cc(Cl)ccc2C)C1. The van der Waals surface area contributed by atoms with E-state index in [1.54, 1.807) is 0 Å². The summed E-state index contributed by atoms with van der Waals surface area (Å²) in [5.74, 6) is 0.498. The zero-order chi connectivity index (χ0) is 16.1. The summed E-state index contributed by atoms with van der Waals surface area (Å²) in [5, 5.41) is 3.84. The van der Waals surface area contributed by atoms with Gasteiger partial charge in [-0.3, -0.25) is 0 Å². The van der Waals surface area contributed by atoms with E-state index in [1.807, 2.05) is 30.9 Å². The molecule has 1 aliphatic heterocycles. The molecule has 2 amide bonds. The van der Waals surface area contributed by atoms with Crippen molar-refractivity contribution in [3.05, 3.63) is 28.8 Å². The summed E-state index contributed by atoms with van der Waals surface area (Å²) in [6.07, 6.45) is 1.10. The normalized spacial score (nSPS) is 17.6. The molecule has 1 saturated heterocycles. The van der Waals surface area contributed by atoms with Crippen molar-refractivity contribution in [2.45, 2.75) is 27.2 Å². The summed E-state index contributed by atoms with van der Waals surface area (Å²) < 4.78 is 0. The predicted octanol–water partition coefficient (Wildman–Crippen LogP) is 3.53. The van der Waals surface area contributed by atoms with Crippen LogP contribution in [-0.4, -0.2) is 43.7 Å². The average molecular weight is 324 g/mol. The van der Waals surface area contributed by atoms with Gasteiger partial charge in [-0.05, 0) is 50.8 Å². The minimum Gasteiger partial charge on any atom is -0.371 e. The number of carbonyl (C=O) groups is 1. The number of anilines is 1. The zero-order valence-electron chi connectivity index (χ0n) is 13.7. The van der Waals surface area contributed by atoms with Gasteiger partial charge < -0.3 is 15.1 Å². The molecular formula is C17H26ClN3O. The smallest absolute Gasteiger partial charge is 0.317 e. The van der Waals surface area contributed by atoms with Crippen LogP contribution in [0.15, 0.2) is 18.2 Å². The molecule has 1 unspecified atom stereocenters. The van der Waals surface area contributed by atoms with Gasteiger partial charge in [0.1, 0.15) is 0 Å². The van der Waals surface area contributed by atoms with E-state index in [4.69, 9.17) is 11.6 Å². The van der Waals surface area contributed by atoms with Crippen LogP contribution < -0.4 is 10.2 Å². The Morgan fingerprint density at radius 2 is 2.14 bits per heavy atom. The molecular weight excluding hydrogens is 298 g/mol. The second-order valence-electron chi connectivity index (χ2n) is 5.89. The Morgan fingerprint density at radius 3 is 2.82 bits per heavy atom. The van der Waals surface area contributed by atoms with Crippen LogP contribution >= 0.6 is 11.6 Å². The summed E-state index contributed by atoms with van der Waals surface area (Å²) >= 11 is 6.11. The van der Waals surface area contributed by atoms with Gasteiger partial charge in [-0.15, -0.1) is 0 Å². The Morgan fingerprint density at radius 1 is 1.41 bits per heavy atom. The van der Waals surface area contributed by atoms with Crippen LogP contribution in [0.1, 0.15) is 25.8 Å². The molecule has 0 aliphatic carbocycles. The molecule has 0 saturated carbocycles. The van der Waals surface area contributed by atoms with Crippen LogP contribution in [0.2, 0.25) is 5.02 Å². The Kier molecular flexibility index (Phi) is 5.95. The van der Waals surface area contributed by atoms with Crippen molar-refractivity contribution >= 4 is 23.3 Å². The average Bonchev–Trinajstić information content (AvgIpc) is 2.97. The molecule has 22 heavy (non-hydrogen) atoms. The molecule has 5 heteroatoms. The van der Waals surface area contributed by atoms with Crippen molar-refractivity contribution in [2.24, 2.45) is 5.92 Å². The van der Waals surface area contributed by atoms with Gasteiger partial charge in [0.2, 0.25) is 0 Å². The molecule has 0 aromatic heterocycles. The quantitative estimate of drug-likeness (QED) is 0.899. The molecule has 1 heterocycles. The lowest BCUT2D eigenvalue weighted by Crippen LogP contribution is -2.42. The fourth-order valence-corrected chi connectivity index (χ4v) is 3.16. The summed E-state index contributed by atoms with van der Waals surface area (Å²) in [6.45, 7) is 10.4. The Hall–Kier alpha value is -1.42. The van der Waals surface area contributed by atoms with Crippen LogP contribution in [0.3, 0.4) is 0 Å². The molecule has 1 aromatic carbocycles. The Bertz CT molecular complexity index is 517. The van der Waals surface area contributed by atoms with E-state index in [2.05, 4.69) is 23.2 Å². The third-order valence-corrected chi connectivity index (χ3v) is 4.63. The molecule has 122 valence electrons. The lowest BCUT2D eigenvalue weighted by atomic mass is 10.1. The number of hydrogen-bond acceptors (Lipinski definition) is 2. The summed E-state index contributed by atoms with van der Waals surface area (Å²) in [7, 11) is 0. The van der Waals surface area contributed by atoms with Crippen molar-refractivity contribution in [1.29, 1.82) is 0 Å². The van der Waals surface area contributed by atoms with E-state index in [0.29, 0.717) is 5.92 Å². The third-order valence-electron chi connectivity index (χ3n) is 4.39. The topological polar surface area (TPSA) is 35.6 Å². The molecule has 1 N–H and O–H groups in total. The molecule has 0 radical (unpaired) electrons. The molecule has 2 rings (SSSR count). The van der Waals surface area contributed by atoms with Gasteiger partial charge in [-0.1, -0.05) is 17.7 Å². The lowest BCUT2D eigenvalue weighted by Gasteiger charge is -2.22. The minimum atomic E-state index is 0.0439. The number of amides is 2. The molecule has 0 spiro atoms. The summed E-state index contributed by atoms with van der Waals surface area (Å²) in [6, 6.07) is 6.07. The van der Waals surface area contributed by atoms with Gasteiger partial charge in [-0.2, -0.15) is 0 Å². The first kappa shape index (κ1) is 16.9. The van der Waals surface area contributed by atoms with Gasteiger partial charge in [0, 0.05) is 43.4 Å². The van der Waals surface area contributed by atoms with Gasteiger partial charge in [-0.25, -0.2) is 4.79 Å². The number of urea groups is 1. The van der Waals surface area contributed by atoms with Crippen LogP contribution in [-0.2, 0) is 0 Å². The number of carbonyl (C=O) groups excluding carboxylic acids is 1. The second kappa shape index (κ2) is 7.73. The highest BCUT2D eigenvalue weighted by Crippen LogP contribution is 2.29. The molecule has 1 fully saturated rings. The number of rotatable bonds is 5. The molecule has 0 bridgehead atoms. The largest absolute Gasteiger partial charge is 0.371 e. The van der Waals surface area contributed by atoms with E-state index in [-0.39, 0.29) is 6.03 Å². The maximum Gasteiger partial charge on any atom is 0.317 e. The Balaban J connectivity index is 1.88. The Labute approximate surface area is 138 Å². The zero-order valence-corrected chi connectivity index (χ0v) is 14.5. The molecule has 1 atom stereocenters. The summed E-state index contributed by atoms with van der Waals surface area (Å²) in [4.78, 5) is 16.2. The fraction of sp³-hybridized carbons (Fsp3) is 0.588. The maximum atomic E-state index is 12.0. The number of hydrogen-bond donors (Lipinski definition) is 1. The van der Waals surface area contributed by atoms with Crippen LogP contribution in [0.5, 0.6) is 0 Å². The number of aryl methyl sites for hydroxylation is 1. The van der Waals surface area contributed by atoms with Crippen molar-refractivity contribution in [2.75, 3.05) is 37.6 Å². The molecule has 1 aromatic rings. The van der Waals surface area contributed by atoms with Crippen molar-refractivity contribution < 1.29 is 4.79 Å². The number of nitrogens with one attached hydrogen (secondary N) is 1. The van der Waals surface area contributed by atoms with Gasteiger partial charge in [0.05, 0.1) is 0 Å². The highest BCUT2D eigenvalue weighted by Gasteiger charge is 2.24. The van der Waals surface area contributed by atoms with Crippen LogP contribution in [0, 0.1) is 12.8 Å². The third kappa shape index (κ3) is 4.07. The van der Waals surface area contributed by atoms with Gasteiger partial charge in [0.25, 0.3) is 0 Å². The highest BCUT2D eigenvalue weighted by atomic mass is 35.5. The second-order valence-corrected chi connectivity index (χ2v) is 6.33. The number of halogens is 1. The first-order valence-corrected chi connectivity index (χ1v) is 8.46. The maximum absolute atomic E-state index is 12.0. The van der Waals surface area contributed by atoms with Crippen molar-refractivity contribution in [1.82, 2.24) is 10.2 Å². The van der Waals surface area contributed by atoms with Gasteiger partial charge >= 0.3 is 6.03 Å². The van der Waals surface area contributed by atoms with Gasteiger partial charge in [0.15, 0.2) is 0 Å². The van der Waals surface area contributed by atoms with Crippen LogP contribution in [0.25, 0.3) is 0 Å². The first-order valence-electron chi connectivity index (χ1n) is 8.09. The summed E-state index contributed by atoms with van der Waals surface area (Å²) in [5.41, 5.74) is 2.46. The number of nitrogens with zero attached hydrogens (tertiary/aromatic N) is 2. The number of benzene rings is 1. The standard InChI is InChI=1S/C17H26ClN3O/c1-4-20(5-2)17(22)19-11-14-8-9-21(12-14)16-10-15(18)7-6-13(16)3/h6-7,10,14H,4-5,8-9,11-12H2,1-3H3,(H,19,22). The van der Waals surface area contributed by atoms with E-state index in [1.165, 1.54) is 11.3 Å². The van der Waals surface area contributed by atoms with E-state index >= 15 is 0 Å². The molecule has 1 aliphatic rings. The van der Waals surface area contributed by atoms with Crippen molar-refractivity contribution in [3.8, 4) is 0 Å². The lowest BCUT2D eigenvalue weighted by molar-refractivity contribution is 0.201. The fourth-order valence-electron chi connectivity index (χ4n) is 3.00. The van der Waals surface area contributed by atoms with Crippen LogP contribution in [0.4, 0.5) is 10.5 Å². The predicted molar refractivity (Wildman–Crippen MR) is 92.8 cm³/mol. The van der Waals surface area contributed by atoms with E-state index in [9.17, 15) is 4.79 Å². The first-order chi connectivity index (χ1) is 10.5. The highest BCUT2D eigenvalue weighted by molar-refractivity contribution is 6.30.